The number of methoxy groups -OCH3 is 3. The number of rotatable bonds is 8. The van der Waals surface area contributed by atoms with Gasteiger partial charge in [-0.3, -0.25) is 0 Å². The first-order valence-electron chi connectivity index (χ1n) is 10.6. The molecule has 1 radical (unpaired) electrons. The monoisotopic (exact) mass is 423 g/mol. The van der Waals surface area contributed by atoms with Crippen LogP contribution in [-0.4, -0.2) is 21.3 Å². The van der Waals surface area contributed by atoms with E-state index in [-0.39, 0.29) is 5.92 Å². The third-order valence-electron chi connectivity index (χ3n) is 5.67. The van der Waals surface area contributed by atoms with Crippen molar-refractivity contribution >= 4 is 0 Å². The van der Waals surface area contributed by atoms with E-state index in [4.69, 9.17) is 14.2 Å². The molecule has 0 N–H and O–H groups in total. The molecule has 161 valence electrons. The lowest BCUT2D eigenvalue weighted by Crippen LogP contribution is -2.15. The minimum absolute atomic E-state index is 0.0163. The second kappa shape index (κ2) is 10.1. The van der Waals surface area contributed by atoms with Crippen LogP contribution in [0.25, 0.3) is 0 Å². The highest BCUT2D eigenvalue weighted by atomic mass is 16.5. The molecule has 3 heteroatoms. The normalized spacial score (nSPS) is 10.9. The van der Waals surface area contributed by atoms with E-state index in [9.17, 15) is 0 Å². The molecule has 3 nitrogen and oxygen atoms in total. The van der Waals surface area contributed by atoms with Gasteiger partial charge in [0.05, 0.1) is 21.3 Å². The average molecular weight is 424 g/mol. The van der Waals surface area contributed by atoms with Crippen molar-refractivity contribution in [2.45, 2.75) is 5.92 Å². The second-order valence-electron chi connectivity index (χ2n) is 7.49. The maximum Gasteiger partial charge on any atom is 0.118 e. The van der Waals surface area contributed by atoms with Crippen LogP contribution < -0.4 is 14.2 Å². The molecule has 4 aromatic rings. The Kier molecular flexibility index (Phi) is 6.76. The van der Waals surface area contributed by atoms with Gasteiger partial charge in [-0.1, -0.05) is 66.7 Å². The van der Waals surface area contributed by atoms with E-state index in [1.807, 2.05) is 42.5 Å². The van der Waals surface area contributed by atoms with Crippen molar-refractivity contribution in [1.29, 1.82) is 0 Å². The van der Waals surface area contributed by atoms with Crippen molar-refractivity contribution in [3.8, 4) is 17.2 Å². The summed E-state index contributed by atoms with van der Waals surface area (Å²) in [6.45, 7) is 0. The molecule has 0 aromatic heterocycles. The first-order valence-corrected chi connectivity index (χ1v) is 10.6. The fourth-order valence-electron chi connectivity index (χ4n) is 4.01. The smallest absolute Gasteiger partial charge is 0.118 e. The van der Waals surface area contributed by atoms with Crippen LogP contribution in [0.1, 0.15) is 28.2 Å². The van der Waals surface area contributed by atoms with Crippen molar-refractivity contribution in [2.75, 3.05) is 21.3 Å². The molecule has 0 bridgehead atoms. The molecule has 32 heavy (non-hydrogen) atoms. The molecule has 0 fully saturated rings. The summed E-state index contributed by atoms with van der Waals surface area (Å²) in [6, 6.07) is 35.4. The van der Waals surface area contributed by atoms with Gasteiger partial charge in [-0.15, -0.1) is 0 Å². The van der Waals surface area contributed by atoms with Gasteiger partial charge in [-0.25, -0.2) is 0 Å². The molecule has 0 heterocycles. The van der Waals surface area contributed by atoms with Gasteiger partial charge in [-0.2, -0.15) is 0 Å². The van der Waals surface area contributed by atoms with E-state index in [1.165, 1.54) is 22.6 Å². The van der Waals surface area contributed by atoms with Crippen LogP contribution in [0.4, 0.5) is 0 Å². The standard InChI is InChI=1S/C29H27O3/c1-30-25-15-9-22(10-16-25)28(21-7-5-4-6-8-21)29(23-11-17-26(31-2)18-12-23)24-13-19-27(32-3)20-14-24/h4-20,29H,1-3H3. The molecule has 0 aliphatic carbocycles. The molecule has 0 amide bonds. The molecule has 0 unspecified atom stereocenters. The SMILES string of the molecule is COc1ccc([C](c2ccccc2)C(c2ccc(OC)cc2)c2ccc(OC)cc2)cc1. The average Bonchev–Trinajstić information content (AvgIpc) is 2.88. The predicted octanol–water partition coefficient (Wildman–Crippen LogP) is 6.52. The fourth-order valence-corrected chi connectivity index (χ4v) is 4.01. The summed E-state index contributed by atoms with van der Waals surface area (Å²) in [7, 11) is 5.07. The van der Waals surface area contributed by atoms with Crippen LogP contribution >= 0.6 is 0 Å². The highest BCUT2D eigenvalue weighted by Crippen LogP contribution is 2.43. The largest absolute Gasteiger partial charge is 0.497 e. The number of benzene rings is 4. The van der Waals surface area contributed by atoms with Crippen LogP contribution in [0, 0.1) is 5.92 Å². The molecule has 4 aromatic carbocycles. The molecular formula is C29H27O3. The summed E-state index contributed by atoms with van der Waals surface area (Å²) >= 11 is 0. The van der Waals surface area contributed by atoms with E-state index in [0.717, 1.165) is 22.8 Å². The summed E-state index contributed by atoms with van der Waals surface area (Å²) < 4.78 is 16.2. The fraction of sp³-hybridized carbons (Fsp3) is 0.138. The Bertz CT molecular complexity index is 1050. The van der Waals surface area contributed by atoms with Gasteiger partial charge in [0.15, 0.2) is 0 Å². The van der Waals surface area contributed by atoms with Crippen molar-refractivity contribution in [2.24, 2.45) is 0 Å². The Hall–Kier alpha value is -3.72. The highest BCUT2D eigenvalue weighted by molar-refractivity contribution is 5.57. The van der Waals surface area contributed by atoms with Gasteiger partial charge in [-0.05, 0) is 58.7 Å². The molecule has 0 aliphatic rings. The third-order valence-corrected chi connectivity index (χ3v) is 5.67. The number of hydrogen-bond acceptors (Lipinski definition) is 3. The highest BCUT2D eigenvalue weighted by Gasteiger charge is 2.29. The van der Waals surface area contributed by atoms with E-state index < -0.39 is 0 Å². The Labute approximate surface area is 190 Å². The quantitative estimate of drug-likeness (QED) is 0.323. The van der Waals surface area contributed by atoms with Crippen LogP contribution in [0.3, 0.4) is 0 Å². The third kappa shape index (κ3) is 4.62. The Balaban J connectivity index is 1.89. The van der Waals surface area contributed by atoms with E-state index in [2.05, 4.69) is 60.7 Å². The van der Waals surface area contributed by atoms with Gasteiger partial charge in [0.2, 0.25) is 0 Å². The molecular weight excluding hydrogens is 396 g/mol. The first kappa shape index (κ1) is 21.5. The molecule has 4 rings (SSSR count). The lowest BCUT2D eigenvalue weighted by molar-refractivity contribution is 0.414. The van der Waals surface area contributed by atoms with Gasteiger partial charge >= 0.3 is 0 Å². The summed E-state index contributed by atoms with van der Waals surface area (Å²) in [5.41, 5.74) is 4.69. The van der Waals surface area contributed by atoms with E-state index in [0.29, 0.717) is 0 Å². The Morgan fingerprint density at radius 1 is 0.469 bits per heavy atom. The summed E-state index contributed by atoms with van der Waals surface area (Å²) in [5.74, 6) is 3.76. The Morgan fingerprint density at radius 2 is 0.844 bits per heavy atom. The van der Waals surface area contributed by atoms with Crippen molar-refractivity contribution < 1.29 is 14.2 Å². The van der Waals surface area contributed by atoms with Gasteiger partial charge < -0.3 is 14.2 Å². The zero-order valence-corrected chi connectivity index (χ0v) is 18.6. The van der Waals surface area contributed by atoms with Gasteiger partial charge in [0.1, 0.15) is 17.2 Å². The topological polar surface area (TPSA) is 27.7 Å². The summed E-state index contributed by atoms with van der Waals surface area (Å²) in [5, 5.41) is 0. The van der Waals surface area contributed by atoms with Crippen molar-refractivity contribution in [3.63, 3.8) is 0 Å². The molecule has 0 saturated carbocycles. The van der Waals surface area contributed by atoms with Gasteiger partial charge in [0, 0.05) is 11.8 Å². The van der Waals surface area contributed by atoms with Crippen LogP contribution in [0.5, 0.6) is 17.2 Å². The molecule has 0 aliphatic heterocycles. The maximum absolute atomic E-state index is 5.40. The molecule has 0 spiro atoms. The number of ether oxygens (including phenoxy) is 3. The minimum Gasteiger partial charge on any atom is -0.497 e. The van der Waals surface area contributed by atoms with E-state index in [1.54, 1.807) is 21.3 Å². The second-order valence-corrected chi connectivity index (χ2v) is 7.49. The van der Waals surface area contributed by atoms with Crippen LogP contribution in [-0.2, 0) is 0 Å². The summed E-state index contributed by atoms with van der Waals surface area (Å²) in [4.78, 5) is 0. The molecule has 0 saturated heterocycles. The van der Waals surface area contributed by atoms with Gasteiger partial charge in [0.25, 0.3) is 0 Å². The zero-order chi connectivity index (χ0) is 22.3. The summed E-state index contributed by atoms with van der Waals surface area (Å²) in [6.07, 6.45) is 0. The zero-order valence-electron chi connectivity index (χ0n) is 18.6. The first-order chi connectivity index (χ1) is 15.7. The predicted molar refractivity (Wildman–Crippen MR) is 129 cm³/mol. The minimum atomic E-state index is 0.0163. The van der Waals surface area contributed by atoms with Crippen molar-refractivity contribution in [3.05, 3.63) is 131 Å². The van der Waals surface area contributed by atoms with Crippen LogP contribution in [0.2, 0.25) is 0 Å². The lowest BCUT2D eigenvalue weighted by Gasteiger charge is -2.29. The van der Waals surface area contributed by atoms with Crippen LogP contribution in [0.15, 0.2) is 103 Å². The van der Waals surface area contributed by atoms with Crippen molar-refractivity contribution in [1.82, 2.24) is 0 Å². The van der Waals surface area contributed by atoms with E-state index >= 15 is 0 Å². The lowest BCUT2D eigenvalue weighted by atomic mass is 9.74. The Morgan fingerprint density at radius 3 is 1.25 bits per heavy atom. The number of hydrogen-bond donors (Lipinski definition) is 0. The molecule has 0 atom stereocenters. The maximum atomic E-state index is 5.40.